The molecule has 0 aliphatic rings. The fourth-order valence-electron chi connectivity index (χ4n) is 2.20. The van der Waals surface area contributed by atoms with Gasteiger partial charge in [0.25, 0.3) is 0 Å². The van der Waals surface area contributed by atoms with Gasteiger partial charge in [-0.3, -0.25) is 14.6 Å². The normalized spacial score (nSPS) is 12.8. The first kappa shape index (κ1) is 13.2. The van der Waals surface area contributed by atoms with Crippen LogP contribution in [0, 0.1) is 0 Å². The number of halogens is 1. The lowest BCUT2D eigenvalue weighted by atomic mass is 10.1. The molecule has 20 heavy (non-hydrogen) atoms. The average Bonchev–Trinajstić information content (AvgIpc) is 2.87. The minimum Gasteiger partial charge on any atom is -0.382 e. The summed E-state index contributed by atoms with van der Waals surface area (Å²) in [7, 11) is 0. The summed E-state index contributed by atoms with van der Waals surface area (Å²) in [5.74, 6) is 0. The molecule has 1 N–H and O–H groups in total. The van der Waals surface area contributed by atoms with Crippen molar-refractivity contribution in [2.45, 2.75) is 19.6 Å². The van der Waals surface area contributed by atoms with Gasteiger partial charge in [0, 0.05) is 18.9 Å². The Hall–Kier alpha value is -1.79. The third-order valence-corrected chi connectivity index (χ3v) is 3.81. The molecule has 0 fully saturated rings. The molecule has 0 bridgehead atoms. The molecule has 6 heteroatoms. The molecule has 2 aromatic heterocycles. The molecule has 0 saturated heterocycles. The van der Waals surface area contributed by atoms with Crippen LogP contribution in [0.25, 0.3) is 11.0 Å². The average molecular weight is 333 g/mol. The standard InChI is InChI=1S/C14H13BrN4O/c1-2-19-13(10(15)8-18-19)14(20)9-3-4-11-12(7-9)17-6-5-16-11/h3-8,14,20H,2H2,1H3. The van der Waals surface area contributed by atoms with Gasteiger partial charge in [0.05, 0.1) is 27.4 Å². The zero-order valence-electron chi connectivity index (χ0n) is 10.9. The number of aromatic nitrogens is 4. The predicted molar refractivity (Wildman–Crippen MR) is 79.2 cm³/mol. The second-order valence-electron chi connectivity index (χ2n) is 4.40. The van der Waals surface area contributed by atoms with Gasteiger partial charge in [-0.2, -0.15) is 5.10 Å². The fourth-order valence-corrected chi connectivity index (χ4v) is 2.72. The Morgan fingerprint density at radius 1 is 1.25 bits per heavy atom. The highest BCUT2D eigenvalue weighted by molar-refractivity contribution is 9.10. The molecule has 0 spiro atoms. The van der Waals surface area contributed by atoms with E-state index >= 15 is 0 Å². The van der Waals surface area contributed by atoms with Crippen LogP contribution in [-0.4, -0.2) is 24.9 Å². The molecule has 102 valence electrons. The summed E-state index contributed by atoms with van der Waals surface area (Å²) < 4.78 is 2.57. The summed E-state index contributed by atoms with van der Waals surface area (Å²) in [5.41, 5.74) is 3.10. The zero-order valence-corrected chi connectivity index (χ0v) is 12.4. The van der Waals surface area contributed by atoms with Crippen molar-refractivity contribution in [3.8, 4) is 0 Å². The molecule has 3 aromatic rings. The van der Waals surface area contributed by atoms with E-state index in [-0.39, 0.29) is 0 Å². The molecule has 1 aromatic carbocycles. The topological polar surface area (TPSA) is 63.8 Å². The van der Waals surface area contributed by atoms with Crippen molar-refractivity contribution < 1.29 is 5.11 Å². The molecule has 1 atom stereocenters. The number of aliphatic hydroxyl groups is 1. The number of hydrogen-bond donors (Lipinski definition) is 1. The quantitative estimate of drug-likeness (QED) is 0.800. The van der Waals surface area contributed by atoms with Crippen LogP contribution < -0.4 is 0 Å². The Labute approximate surface area is 124 Å². The van der Waals surface area contributed by atoms with Crippen molar-refractivity contribution in [3.05, 3.63) is 52.5 Å². The zero-order chi connectivity index (χ0) is 14.1. The van der Waals surface area contributed by atoms with Crippen molar-refractivity contribution in [1.82, 2.24) is 19.7 Å². The Morgan fingerprint density at radius 2 is 2.00 bits per heavy atom. The number of rotatable bonds is 3. The molecule has 1 unspecified atom stereocenters. The third kappa shape index (κ3) is 2.21. The maximum atomic E-state index is 10.6. The van der Waals surface area contributed by atoms with Crippen LogP contribution >= 0.6 is 15.9 Å². The van der Waals surface area contributed by atoms with Gasteiger partial charge in [-0.05, 0) is 40.5 Å². The van der Waals surface area contributed by atoms with Crippen LogP contribution in [0.3, 0.4) is 0 Å². The Balaban J connectivity index is 2.07. The summed E-state index contributed by atoms with van der Waals surface area (Å²) in [6, 6.07) is 5.58. The van der Waals surface area contributed by atoms with Crippen LogP contribution in [0.1, 0.15) is 24.3 Å². The predicted octanol–water partition coefficient (Wildman–Crippen LogP) is 2.69. The molecule has 0 aliphatic carbocycles. The van der Waals surface area contributed by atoms with Crippen molar-refractivity contribution >= 4 is 27.0 Å². The molecule has 0 aliphatic heterocycles. The first-order valence-corrected chi connectivity index (χ1v) is 7.10. The largest absolute Gasteiger partial charge is 0.382 e. The molecular formula is C14H13BrN4O. The van der Waals surface area contributed by atoms with E-state index in [1.807, 2.05) is 25.1 Å². The molecule has 0 amide bonds. The van der Waals surface area contributed by atoms with E-state index in [1.165, 1.54) is 0 Å². The van der Waals surface area contributed by atoms with Gasteiger partial charge in [-0.1, -0.05) is 6.07 Å². The van der Waals surface area contributed by atoms with Crippen LogP contribution in [0.15, 0.2) is 41.3 Å². The SMILES string of the molecule is CCn1ncc(Br)c1C(O)c1ccc2nccnc2c1. The maximum absolute atomic E-state index is 10.6. The summed E-state index contributed by atoms with van der Waals surface area (Å²) in [6.07, 6.45) is 4.24. The molecule has 3 rings (SSSR count). The maximum Gasteiger partial charge on any atom is 0.122 e. The van der Waals surface area contributed by atoms with E-state index in [4.69, 9.17) is 0 Å². The Kier molecular flexibility index (Phi) is 3.50. The third-order valence-electron chi connectivity index (χ3n) is 3.20. The van der Waals surface area contributed by atoms with E-state index in [2.05, 4.69) is 31.0 Å². The van der Waals surface area contributed by atoms with E-state index < -0.39 is 6.10 Å². The first-order chi connectivity index (χ1) is 9.70. The van der Waals surface area contributed by atoms with Gasteiger partial charge in [-0.15, -0.1) is 0 Å². The monoisotopic (exact) mass is 332 g/mol. The minimum atomic E-state index is -0.752. The fraction of sp³-hybridized carbons (Fsp3) is 0.214. The van der Waals surface area contributed by atoms with E-state index in [0.717, 1.165) is 26.8 Å². The molecule has 2 heterocycles. The second-order valence-corrected chi connectivity index (χ2v) is 5.25. The van der Waals surface area contributed by atoms with Gasteiger partial charge in [0.2, 0.25) is 0 Å². The minimum absolute atomic E-state index is 0.700. The molecule has 0 radical (unpaired) electrons. The van der Waals surface area contributed by atoms with Crippen LogP contribution in [0.2, 0.25) is 0 Å². The number of hydrogen-bond acceptors (Lipinski definition) is 4. The van der Waals surface area contributed by atoms with Crippen molar-refractivity contribution in [3.63, 3.8) is 0 Å². The molecule has 0 saturated carbocycles. The highest BCUT2D eigenvalue weighted by atomic mass is 79.9. The van der Waals surface area contributed by atoms with E-state index in [0.29, 0.717) is 6.54 Å². The summed E-state index contributed by atoms with van der Waals surface area (Å²) >= 11 is 3.43. The lowest BCUT2D eigenvalue weighted by Crippen LogP contribution is -2.09. The molecular weight excluding hydrogens is 320 g/mol. The van der Waals surface area contributed by atoms with Gasteiger partial charge in [0.15, 0.2) is 0 Å². The van der Waals surface area contributed by atoms with Crippen LogP contribution in [0.4, 0.5) is 0 Å². The number of benzene rings is 1. The van der Waals surface area contributed by atoms with E-state index in [9.17, 15) is 5.11 Å². The van der Waals surface area contributed by atoms with Gasteiger partial charge in [-0.25, -0.2) is 0 Å². The number of nitrogens with zero attached hydrogens (tertiary/aromatic N) is 4. The number of aliphatic hydroxyl groups excluding tert-OH is 1. The lowest BCUT2D eigenvalue weighted by molar-refractivity contribution is 0.207. The van der Waals surface area contributed by atoms with Crippen LogP contribution in [0.5, 0.6) is 0 Å². The number of fused-ring (bicyclic) bond motifs is 1. The molecule has 5 nitrogen and oxygen atoms in total. The van der Waals surface area contributed by atoms with Crippen molar-refractivity contribution in [2.24, 2.45) is 0 Å². The van der Waals surface area contributed by atoms with Crippen molar-refractivity contribution in [1.29, 1.82) is 0 Å². The lowest BCUT2D eigenvalue weighted by Gasteiger charge is -2.14. The first-order valence-electron chi connectivity index (χ1n) is 6.30. The van der Waals surface area contributed by atoms with Crippen LogP contribution in [-0.2, 0) is 6.54 Å². The van der Waals surface area contributed by atoms with Gasteiger partial charge < -0.3 is 5.11 Å². The number of aryl methyl sites for hydroxylation is 1. The van der Waals surface area contributed by atoms with Gasteiger partial charge in [0.1, 0.15) is 6.10 Å². The smallest absolute Gasteiger partial charge is 0.122 e. The highest BCUT2D eigenvalue weighted by Gasteiger charge is 2.19. The Morgan fingerprint density at radius 3 is 2.75 bits per heavy atom. The summed E-state index contributed by atoms with van der Waals surface area (Å²) in [5, 5.41) is 14.8. The Bertz CT molecular complexity index is 756. The highest BCUT2D eigenvalue weighted by Crippen LogP contribution is 2.29. The summed E-state index contributed by atoms with van der Waals surface area (Å²) in [6.45, 7) is 2.69. The second kappa shape index (κ2) is 5.30. The van der Waals surface area contributed by atoms with Gasteiger partial charge >= 0.3 is 0 Å². The van der Waals surface area contributed by atoms with E-state index in [1.54, 1.807) is 23.3 Å². The van der Waals surface area contributed by atoms with Crippen molar-refractivity contribution in [2.75, 3.05) is 0 Å². The summed E-state index contributed by atoms with van der Waals surface area (Å²) in [4.78, 5) is 8.49.